The Morgan fingerprint density at radius 2 is 1.61 bits per heavy atom. The number of rotatable bonds is 3. The number of benzene rings is 2. The molecule has 94 valence electrons. The summed E-state index contributed by atoms with van der Waals surface area (Å²) < 4.78 is 0. The van der Waals surface area contributed by atoms with Gasteiger partial charge in [-0.3, -0.25) is 0 Å². The van der Waals surface area contributed by atoms with Crippen LogP contribution >= 0.6 is 0 Å². The van der Waals surface area contributed by atoms with Crippen LogP contribution < -0.4 is 5.73 Å². The van der Waals surface area contributed by atoms with E-state index in [0.717, 1.165) is 16.7 Å². The lowest BCUT2D eigenvalue weighted by atomic mass is 9.85. The molecule has 0 saturated carbocycles. The first-order valence-corrected chi connectivity index (χ1v) is 6.13. The van der Waals surface area contributed by atoms with Gasteiger partial charge in [-0.2, -0.15) is 0 Å². The molecule has 0 saturated heterocycles. The van der Waals surface area contributed by atoms with E-state index >= 15 is 0 Å². The topological polar surface area (TPSA) is 46.2 Å². The average molecular weight is 241 g/mol. The number of nitrogens with two attached hydrogens (primary N) is 1. The van der Waals surface area contributed by atoms with Crippen molar-refractivity contribution in [3.05, 3.63) is 70.8 Å². The summed E-state index contributed by atoms with van der Waals surface area (Å²) in [5.41, 5.74) is 8.75. The van der Waals surface area contributed by atoms with Gasteiger partial charge in [0.25, 0.3) is 0 Å². The number of aryl methyl sites for hydroxylation is 2. The molecular weight excluding hydrogens is 222 g/mol. The van der Waals surface area contributed by atoms with Crippen LogP contribution in [0.4, 0.5) is 0 Å². The molecule has 0 fully saturated rings. The minimum absolute atomic E-state index is 0.166. The third-order valence-corrected chi connectivity index (χ3v) is 3.53. The molecule has 0 aliphatic carbocycles. The predicted molar refractivity (Wildman–Crippen MR) is 74.4 cm³/mol. The van der Waals surface area contributed by atoms with E-state index in [1.165, 1.54) is 5.56 Å². The Hall–Kier alpha value is -1.64. The predicted octanol–water partition coefficient (Wildman–Crippen LogP) is 2.50. The first-order chi connectivity index (χ1) is 8.58. The molecule has 1 unspecified atom stereocenters. The van der Waals surface area contributed by atoms with E-state index in [1.54, 1.807) is 0 Å². The Kier molecular flexibility index (Phi) is 3.50. The first kappa shape index (κ1) is 12.8. The van der Waals surface area contributed by atoms with Crippen molar-refractivity contribution < 1.29 is 5.11 Å². The van der Waals surface area contributed by atoms with Gasteiger partial charge in [-0.15, -0.1) is 0 Å². The van der Waals surface area contributed by atoms with Crippen LogP contribution in [0.3, 0.4) is 0 Å². The zero-order valence-electron chi connectivity index (χ0n) is 10.9. The maximum Gasteiger partial charge on any atom is 0.127 e. The van der Waals surface area contributed by atoms with Gasteiger partial charge in [0.05, 0.1) is 0 Å². The maximum atomic E-state index is 10.9. The lowest BCUT2D eigenvalue weighted by molar-refractivity contribution is 0.0902. The highest BCUT2D eigenvalue weighted by atomic mass is 16.3. The van der Waals surface area contributed by atoms with E-state index in [9.17, 15) is 5.11 Å². The van der Waals surface area contributed by atoms with Gasteiger partial charge in [0.15, 0.2) is 0 Å². The number of hydrogen-bond acceptors (Lipinski definition) is 2. The SMILES string of the molecule is Cc1ccc(C(O)(CN)c2ccccc2)cc1C. The van der Waals surface area contributed by atoms with Crippen molar-refractivity contribution in [2.75, 3.05) is 6.54 Å². The number of aliphatic hydroxyl groups is 1. The molecule has 0 bridgehead atoms. The average Bonchev–Trinajstić information content (AvgIpc) is 2.42. The summed E-state index contributed by atoms with van der Waals surface area (Å²) in [5.74, 6) is 0. The molecule has 0 aliphatic heterocycles. The van der Waals surface area contributed by atoms with Gasteiger partial charge in [0.1, 0.15) is 5.60 Å². The molecule has 2 nitrogen and oxygen atoms in total. The molecule has 0 radical (unpaired) electrons. The lowest BCUT2D eigenvalue weighted by Crippen LogP contribution is -2.36. The van der Waals surface area contributed by atoms with E-state index in [-0.39, 0.29) is 6.54 Å². The van der Waals surface area contributed by atoms with Crippen LogP contribution in [0.5, 0.6) is 0 Å². The van der Waals surface area contributed by atoms with E-state index < -0.39 is 5.60 Å². The Morgan fingerprint density at radius 1 is 0.944 bits per heavy atom. The highest BCUT2D eigenvalue weighted by Crippen LogP contribution is 2.29. The molecule has 0 amide bonds. The second-order valence-corrected chi connectivity index (χ2v) is 4.73. The summed E-state index contributed by atoms with van der Waals surface area (Å²) in [7, 11) is 0. The van der Waals surface area contributed by atoms with Gasteiger partial charge < -0.3 is 10.8 Å². The third-order valence-electron chi connectivity index (χ3n) is 3.53. The van der Waals surface area contributed by atoms with Gasteiger partial charge in [0.2, 0.25) is 0 Å². The Labute approximate surface area is 108 Å². The summed E-state index contributed by atoms with van der Waals surface area (Å²) in [6, 6.07) is 15.5. The van der Waals surface area contributed by atoms with Crippen molar-refractivity contribution in [3.8, 4) is 0 Å². The lowest BCUT2D eigenvalue weighted by Gasteiger charge is -2.28. The van der Waals surface area contributed by atoms with Crippen molar-refractivity contribution >= 4 is 0 Å². The monoisotopic (exact) mass is 241 g/mol. The minimum Gasteiger partial charge on any atom is -0.379 e. The van der Waals surface area contributed by atoms with Gasteiger partial charge in [0, 0.05) is 6.54 Å². The summed E-state index contributed by atoms with van der Waals surface area (Å²) in [5, 5.41) is 10.9. The zero-order valence-corrected chi connectivity index (χ0v) is 10.9. The summed E-state index contributed by atoms with van der Waals surface area (Å²) in [6.07, 6.45) is 0. The van der Waals surface area contributed by atoms with Crippen LogP contribution in [0, 0.1) is 13.8 Å². The standard InChI is InChI=1S/C16H19NO/c1-12-8-9-15(10-13(12)2)16(18,11-17)14-6-4-3-5-7-14/h3-10,18H,11,17H2,1-2H3. The second-order valence-electron chi connectivity index (χ2n) is 4.73. The summed E-state index contributed by atoms with van der Waals surface area (Å²) in [4.78, 5) is 0. The van der Waals surface area contributed by atoms with E-state index in [1.807, 2.05) is 55.5 Å². The zero-order chi connectivity index (χ0) is 13.2. The first-order valence-electron chi connectivity index (χ1n) is 6.13. The normalized spacial score (nSPS) is 14.2. The van der Waals surface area contributed by atoms with Crippen molar-refractivity contribution in [2.24, 2.45) is 5.73 Å². The van der Waals surface area contributed by atoms with Crippen molar-refractivity contribution in [2.45, 2.75) is 19.4 Å². The fraction of sp³-hybridized carbons (Fsp3) is 0.250. The van der Waals surface area contributed by atoms with E-state index in [0.29, 0.717) is 0 Å². The molecule has 2 aromatic rings. The van der Waals surface area contributed by atoms with Crippen LogP contribution in [-0.4, -0.2) is 11.7 Å². The molecule has 3 N–H and O–H groups in total. The fourth-order valence-corrected chi connectivity index (χ4v) is 2.11. The summed E-state index contributed by atoms with van der Waals surface area (Å²) in [6.45, 7) is 4.27. The van der Waals surface area contributed by atoms with Gasteiger partial charge in [-0.25, -0.2) is 0 Å². The molecule has 0 aromatic heterocycles. The molecule has 0 aliphatic rings. The minimum atomic E-state index is -1.11. The van der Waals surface area contributed by atoms with Crippen molar-refractivity contribution in [1.29, 1.82) is 0 Å². The molecule has 18 heavy (non-hydrogen) atoms. The largest absolute Gasteiger partial charge is 0.379 e. The van der Waals surface area contributed by atoms with Crippen LogP contribution in [0.2, 0.25) is 0 Å². The highest BCUT2D eigenvalue weighted by molar-refractivity contribution is 5.40. The second kappa shape index (κ2) is 4.92. The van der Waals surface area contributed by atoms with Crippen LogP contribution in [0.1, 0.15) is 22.3 Å². The molecule has 2 heteroatoms. The molecular formula is C16H19NO. The van der Waals surface area contributed by atoms with E-state index in [4.69, 9.17) is 5.73 Å². The van der Waals surface area contributed by atoms with Crippen molar-refractivity contribution in [3.63, 3.8) is 0 Å². The molecule has 2 aromatic carbocycles. The Bertz CT molecular complexity index is 536. The summed E-state index contributed by atoms with van der Waals surface area (Å²) >= 11 is 0. The number of hydrogen-bond donors (Lipinski definition) is 2. The smallest absolute Gasteiger partial charge is 0.127 e. The maximum absolute atomic E-state index is 10.9. The van der Waals surface area contributed by atoms with Gasteiger partial charge in [-0.1, -0.05) is 48.5 Å². The Morgan fingerprint density at radius 3 is 2.17 bits per heavy atom. The fourth-order valence-electron chi connectivity index (χ4n) is 2.11. The Balaban J connectivity index is 2.53. The van der Waals surface area contributed by atoms with E-state index in [2.05, 4.69) is 6.92 Å². The van der Waals surface area contributed by atoms with Crippen LogP contribution in [0.25, 0.3) is 0 Å². The van der Waals surface area contributed by atoms with Gasteiger partial charge >= 0.3 is 0 Å². The van der Waals surface area contributed by atoms with Crippen LogP contribution in [0.15, 0.2) is 48.5 Å². The molecule has 1 atom stereocenters. The third kappa shape index (κ3) is 2.17. The van der Waals surface area contributed by atoms with Gasteiger partial charge in [-0.05, 0) is 36.1 Å². The molecule has 2 rings (SSSR count). The quantitative estimate of drug-likeness (QED) is 0.867. The van der Waals surface area contributed by atoms with Crippen LogP contribution in [-0.2, 0) is 5.60 Å². The molecule has 0 spiro atoms. The van der Waals surface area contributed by atoms with Crippen molar-refractivity contribution in [1.82, 2.24) is 0 Å². The highest BCUT2D eigenvalue weighted by Gasteiger charge is 2.29. The molecule has 0 heterocycles.